The highest BCUT2D eigenvalue weighted by molar-refractivity contribution is 5.95. The second-order valence-corrected chi connectivity index (χ2v) is 16.9. The van der Waals surface area contributed by atoms with Crippen molar-refractivity contribution in [2.24, 2.45) is 17.3 Å². The van der Waals surface area contributed by atoms with Crippen molar-refractivity contribution in [2.75, 3.05) is 13.2 Å². The van der Waals surface area contributed by atoms with E-state index in [9.17, 15) is 38.7 Å². The van der Waals surface area contributed by atoms with Gasteiger partial charge >= 0.3 is 41.8 Å². The normalized spacial score (nSPS) is 33.2. The number of pyridine rings is 1. The van der Waals surface area contributed by atoms with Gasteiger partial charge in [-0.25, -0.2) is 19.2 Å². The molecule has 2 aliphatic carbocycles. The van der Waals surface area contributed by atoms with E-state index < -0.39 is 125 Å². The van der Waals surface area contributed by atoms with Gasteiger partial charge in [0, 0.05) is 32.9 Å². The van der Waals surface area contributed by atoms with Crippen LogP contribution in [-0.2, 0) is 68.3 Å². The summed E-state index contributed by atoms with van der Waals surface area (Å²) < 4.78 is 49.7. The summed E-state index contributed by atoms with van der Waals surface area (Å²) in [5.41, 5.74) is -9.41. The molecule has 7 rings (SSSR count). The number of carbonyl (C=O) groups excluding carboxylic acids is 8. The third-order valence-corrected chi connectivity index (χ3v) is 12.6. The molecule has 18 nitrogen and oxygen atoms in total. The highest BCUT2D eigenvalue weighted by atomic mass is 16.7. The fourth-order valence-corrected chi connectivity index (χ4v) is 9.74. The van der Waals surface area contributed by atoms with Crippen molar-refractivity contribution in [2.45, 2.75) is 102 Å². The number of nitrogens with zero attached hydrogens (tertiary/aromatic N) is 1. The first-order chi connectivity index (χ1) is 30.3. The lowest BCUT2D eigenvalue weighted by atomic mass is 9.46. The summed E-state index contributed by atoms with van der Waals surface area (Å²) in [4.78, 5) is 117. The summed E-state index contributed by atoms with van der Waals surface area (Å²) in [7, 11) is 0. The van der Waals surface area contributed by atoms with Crippen LogP contribution in [0.4, 0.5) is 0 Å². The number of aryl methyl sites for hydroxylation is 1. The first-order valence-corrected chi connectivity index (χ1v) is 20.6. The fourth-order valence-electron chi connectivity index (χ4n) is 9.74. The number of benzene rings is 2. The van der Waals surface area contributed by atoms with Gasteiger partial charge in [-0.2, -0.15) is 0 Å². The molecule has 2 aliphatic heterocycles. The zero-order valence-corrected chi connectivity index (χ0v) is 35.8. The van der Waals surface area contributed by atoms with Crippen LogP contribution in [0.25, 0.3) is 0 Å². The molecule has 18 heteroatoms. The molecule has 1 N–H and O–H groups in total. The molecular formula is C46H47NO17. The highest BCUT2D eigenvalue weighted by Gasteiger charge is 2.88. The number of carbonyl (C=O) groups is 8. The fraction of sp³-hybridized carbons (Fsp3) is 0.457. The van der Waals surface area contributed by atoms with Crippen LogP contribution in [0, 0.1) is 17.3 Å². The van der Waals surface area contributed by atoms with Gasteiger partial charge in [-0.1, -0.05) is 43.3 Å². The summed E-state index contributed by atoms with van der Waals surface area (Å²) >= 11 is 0. The lowest BCUT2D eigenvalue weighted by molar-refractivity contribution is -0.333. The van der Waals surface area contributed by atoms with Crippen molar-refractivity contribution in [1.29, 1.82) is 0 Å². The third kappa shape index (κ3) is 7.78. The van der Waals surface area contributed by atoms with Gasteiger partial charge in [-0.05, 0) is 63.1 Å². The molecule has 3 heterocycles. The molecule has 3 aromatic rings. The zero-order chi connectivity index (χ0) is 46.4. The number of ether oxygens (including phenoxy) is 8. The molecule has 0 amide bonds. The van der Waals surface area contributed by atoms with E-state index in [-0.39, 0.29) is 35.2 Å². The van der Waals surface area contributed by atoms with Crippen molar-refractivity contribution >= 4 is 47.6 Å². The maximum absolute atomic E-state index is 15.5. The van der Waals surface area contributed by atoms with Crippen molar-refractivity contribution in [3.63, 3.8) is 0 Å². The summed E-state index contributed by atoms with van der Waals surface area (Å²) in [5, 5.41) is 11.8. The van der Waals surface area contributed by atoms with Gasteiger partial charge in [-0.15, -0.1) is 0 Å². The molecule has 4 aliphatic rings. The van der Waals surface area contributed by atoms with Crippen LogP contribution in [0.2, 0.25) is 0 Å². The molecular weight excluding hydrogens is 838 g/mol. The van der Waals surface area contributed by atoms with E-state index in [1.54, 1.807) is 24.3 Å². The van der Waals surface area contributed by atoms with Crippen molar-refractivity contribution in [1.82, 2.24) is 4.98 Å². The smallest absolute Gasteiger partial charge is 0.340 e. The van der Waals surface area contributed by atoms with E-state index in [1.807, 2.05) is 0 Å². The molecule has 3 fully saturated rings. The molecule has 1 aromatic heterocycles. The monoisotopic (exact) mass is 885 g/mol. The Bertz CT molecular complexity index is 2370. The molecule has 338 valence electrons. The predicted molar refractivity (Wildman–Crippen MR) is 215 cm³/mol. The standard InChI is InChI=1S/C46H47NO17/c1-24-34-35(61-39(52)28-14-9-7-10-15-28)38(63-40(53)29-16-11-8-12-17-29)45(23-57-25(2)48)37(60-27(4)50)33(51)32-36(59-26(3)49)46(24,45)64-44(32,6)22-58-41(54)30-18-13-21-47-31(30)19-20-43(5,56)42(55)62-34/h7-18,21,24,32,34-38,56H,19-20,22-23H2,1-6H3/t24-,32-,34-,35+,36-,37-,38+,43?,44+,45-,46-/m0/s1. The van der Waals surface area contributed by atoms with Crippen LogP contribution >= 0.6 is 0 Å². The van der Waals surface area contributed by atoms with Crippen molar-refractivity contribution in [3.05, 3.63) is 101 Å². The summed E-state index contributed by atoms with van der Waals surface area (Å²) in [6.45, 7) is 5.28. The summed E-state index contributed by atoms with van der Waals surface area (Å²) in [5.74, 6) is -11.6. The minimum Gasteiger partial charge on any atom is -0.465 e. The van der Waals surface area contributed by atoms with Gasteiger partial charge in [-0.3, -0.25) is 24.2 Å². The molecule has 2 aromatic carbocycles. The van der Waals surface area contributed by atoms with Crippen LogP contribution in [0.3, 0.4) is 0 Å². The van der Waals surface area contributed by atoms with Gasteiger partial charge < -0.3 is 43.0 Å². The van der Waals surface area contributed by atoms with Crippen molar-refractivity contribution in [3.8, 4) is 0 Å². The number of aromatic nitrogens is 1. The van der Waals surface area contributed by atoms with Crippen LogP contribution in [0.15, 0.2) is 79.0 Å². The minimum absolute atomic E-state index is 0.0279. The Balaban J connectivity index is 1.58. The van der Waals surface area contributed by atoms with E-state index in [1.165, 1.54) is 68.6 Å². The number of hydrogen-bond acceptors (Lipinski definition) is 18. The van der Waals surface area contributed by atoms with Gasteiger partial charge in [0.2, 0.25) is 0 Å². The minimum atomic E-state index is -2.57. The molecule has 64 heavy (non-hydrogen) atoms. The number of ketones is 1. The molecule has 1 unspecified atom stereocenters. The Morgan fingerprint density at radius 3 is 1.98 bits per heavy atom. The predicted octanol–water partition coefficient (Wildman–Crippen LogP) is 3.09. The quantitative estimate of drug-likeness (QED) is 0.252. The summed E-state index contributed by atoms with van der Waals surface area (Å²) in [6, 6.07) is 17.9. The van der Waals surface area contributed by atoms with E-state index in [2.05, 4.69) is 4.98 Å². The lowest BCUT2D eigenvalue weighted by Crippen LogP contribution is -2.83. The van der Waals surface area contributed by atoms with E-state index in [0.717, 1.165) is 27.7 Å². The third-order valence-electron chi connectivity index (χ3n) is 12.6. The van der Waals surface area contributed by atoms with Crippen molar-refractivity contribution < 1.29 is 81.4 Å². The molecule has 1 saturated heterocycles. The number of rotatable bonds is 8. The van der Waals surface area contributed by atoms with E-state index >= 15 is 4.79 Å². The average Bonchev–Trinajstić information content (AvgIpc) is 3.48. The SMILES string of the molecule is CC(=O)OC[C@]12[C@H](OC(=O)c3ccccc3)[C@H](OC(=O)c3ccccc3)[C@H]3OC(=O)C(C)(O)CCc4ncccc4C(=O)OC[C@@]4(C)O[C@@]1([C@H]3C)[C@@H](OC(C)=O)[C@@H]4C(=O)[C@@H]2OC(C)=O. The van der Waals surface area contributed by atoms with Gasteiger partial charge in [0.1, 0.15) is 42.0 Å². The number of cyclic esters (lactones) is 1. The molecule has 0 radical (unpaired) electrons. The van der Waals surface area contributed by atoms with Crippen LogP contribution in [0.5, 0.6) is 0 Å². The van der Waals surface area contributed by atoms with E-state index in [4.69, 9.17) is 37.9 Å². The van der Waals surface area contributed by atoms with Gasteiger partial charge in [0.15, 0.2) is 29.7 Å². The molecule has 1 spiro atoms. The van der Waals surface area contributed by atoms with E-state index in [0.29, 0.717) is 0 Å². The molecule has 2 saturated carbocycles. The Hall–Kier alpha value is -6.53. The van der Waals surface area contributed by atoms with Gasteiger partial charge in [0.05, 0.1) is 28.3 Å². The molecule has 4 bridgehead atoms. The Labute approximate surface area is 366 Å². The number of fused-ring (bicyclic) bond motifs is 5. The number of aliphatic hydroxyl groups is 1. The lowest BCUT2D eigenvalue weighted by Gasteiger charge is -2.64. The maximum atomic E-state index is 15.5. The number of esters is 7. The second kappa shape index (κ2) is 17.2. The van der Waals surface area contributed by atoms with Crippen LogP contribution < -0.4 is 0 Å². The average molecular weight is 886 g/mol. The second-order valence-electron chi connectivity index (χ2n) is 16.9. The Morgan fingerprint density at radius 1 is 0.781 bits per heavy atom. The van der Waals surface area contributed by atoms with Crippen LogP contribution in [-0.4, -0.2) is 118 Å². The molecule has 11 atom stereocenters. The first kappa shape index (κ1) is 45.5. The largest absolute Gasteiger partial charge is 0.465 e. The Morgan fingerprint density at radius 2 is 1.39 bits per heavy atom. The Kier molecular flexibility index (Phi) is 12.2. The summed E-state index contributed by atoms with van der Waals surface area (Å²) in [6.07, 6.45) is -9.12. The number of Topliss-reactive ketones (excluding diaryl/α,β-unsaturated/α-hetero) is 1. The zero-order valence-electron chi connectivity index (χ0n) is 35.8. The van der Waals surface area contributed by atoms with Crippen LogP contribution in [0.1, 0.15) is 84.7 Å². The highest BCUT2D eigenvalue weighted by Crippen LogP contribution is 2.68. The first-order valence-electron chi connectivity index (χ1n) is 20.6. The maximum Gasteiger partial charge on any atom is 0.340 e. The number of hydrogen-bond donors (Lipinski definition) is 1. The van der Waals surface area contributed by atoms with Gasteiger partial charge in [0.25, 0.3) is 0 Å². The topological polar surface area (TPSA) is 244 Å².